The highest BCUT2D eigenvalue weighted by Crippen LogP contribution is 2.49. The predicted octanol–water partition coefficient (Wildman–Crippen LogP) is 5.35. The van der Waals surface area contributed by atoms with Crippen LogP contribution in [0.25, 0.3) is 5.57 Å². The van der Waals surface area contributed by atoms with Gasteiger partial charge in [-0.25, -0.2) is 0 Å². The lowest BCUT2D eigenvalue weighted by atomic mass is 9.79. The highest BCUT2D eigenvalue weighted by molar-refractivity contribution is 5.86. The number of unbranched alkanes of at least 4 members (excludes halogenated alkanes) is 2. The van der Waals surface area contributed by atoms with Gasteiger partial charge < -0.3 is 25.3 Å². The molecule has 2 aliphatic heterocycles. The second-order valence-corrected chi connectivity index (χ2v) is 9.56. The summed E-state index contributed by atoms with van der Waals surface area (Å²) < 4.78 is 12.4. The Morgan fingerprint density at radius 3 is 2.71 bits per heavy atom. The van der Waals surface area contributed by atoms with Crippen molar-refractivity contribution in [2.45, 2.75) is 78.2 Å². The van der Waals surface area contributed by atoms with Crippen molar-refractivity contribution in [2.24, 2.45) is 16.8 Å². The van der Waals surface area contributed by atoms with Crippen LogP contribution in [0.4, 0.5) is 0 Å². The van der Waals surface area contributed by atoms with Crippen LogP contribution in [0.15, 0.2) is 22.9 Å². The number of hydrogen-bond acceptors (Lipinski definition) is 4. The largest absolute Gasteiger partial charge is 0.496 e. The molecule has 0 aromatic heterocycles. The average Bonchev–Trinajstić information content (AvgIpc) is 2.76. The fourth-order valence-electron chi connectivity index (χ4n) is 4.96. The molecule has 2 heterocycles. The van der Waals surface area contributed by atoms with Crippen molar-refractivity contribution in [3.8, 4) is 11.5 Å². The molecule has 0 saturated carbocycles. The van der Waals surface area contributed by atoms with Gasteiger partial charge in [-0.2, -0.15) is 0 Å². The van der Waals surface area contributed by atoms with E-state index in [0.717, 1.165) is 29.1 Å². The van der Waals surface area contributed by atoms with E-state index in [1.807, 2.05) is 4.90 Å². The molecule has 2 atom stereocenters. The van der Waals surface area contributed by atoms with Gasteiger partial charge in [-0.15, -0.1) is 0 Å². The molecule has 0 bridgehead atoms. The van der Waals surface area contributed by atoms with Gasteiger partial charge in [0.05, 0.1) is 12.7 Å². The predicted molar refractivity (Wildman–Crippen MR) is 126 cm³/mol. The Labute approximate surface area is 187 Å². The number of fused-ring (bicyclic) bond motifs is 2. The molecule has 3 rings (SSSR count). The van der Waals surface area contributed by atoms with Gasteiger partial charge in [-0.3, -0.25) is 0 Å². The first kappa shape index (κ1) is 23.3. The van der Waals surface area contributed by atoms with Crippen molar-refractivity contribution >= 4 is 11.5 Å². The van der Waals surface area contributed by atoms with E-state index < -0.39 is 5.60 Å². The lowest BCUT2D eigenvalue weighted by molar-refractivity contribution is 0.134. The van der Waals surface area contributed by atoms with Crippen molar-refractivity contribution in [2.75, 3.05) is 20.2 Å². The standard InChI is InChI=1S/C25H39N3O3/c1-7-8-9-10-16(2)17(3)18-13-21(30-6)23-19-15-28(24(26)27-29)12-11-20(19)25(4,5)31-22(23)14-18/h13-14,16-17,29H,7-12,15H2,1-6H3,(H2,26,27). The first-order valence-corrected chi connectivity index (χ1v) is 11.6. The minimum Gasteiger partial charge on any atom is -0.496 e. The van der Waals surface area contributed by atoms with Crippen LogP contribution in [0.3, 0.4) is 0 Å². The molecule has 6 nitrogen and oxygen atoms in total. The highest BCUT2D eigenvalue weighted by Gasteiger charge is 2.40. The fourth-order valence-corrected chi connectivity index (χ4v) is 4.96. The van der Waals surface area contributed by atoms with E-state index in [1.165, 1.54) is 36.8 Å². The van der Waals surface area contributed by atoms with Crippen molar-refractivity contribution in [1.82, 2.24) is 4.90 Å². The van der Waals surface area contributed by atoms with E-state index in [-0.39, 0.29) is 5.96 Å². The minimum atomic E-state index is -0.404. The Kier molecular flexibility index (Phi) is 7.07. The molecule has 0 spiro atoms. The molecule has 0 saturated heterocycles. The molecule has 6 heteroatoms. The summed E-state index contributed by atoms with van der Waals surface area (Å²) in [6.45, 7) is 12.4. The zero-order chi connectivity index (χ0) is 22.8. The molecule has 1 aromatic carbocycles. The maximum Gasteiger partial charge on any atom is 0.233 e. The number of guanidine groups is 1. The molecule has 0 aliphatic carbocycles. The Bertz CT molecular complexity index is 860. The summed E-state index contributed by atoms with van der Waals surface area (Å²) in [6.07, 6.45) is 5.83. The minimum absolute atomic E-state index is 0.141. The second-order valence-electron chi connectivity index (χ2n) is 9.56. The zero-order valence-electron chi connectivity index (χ0n) is 20.0. The van der Waals surface area contributed by atoms with Gasteiger partial charge in [0.1, 0.15) is 17.1 Å². The van der Waals surface area contributed by atoms with Crippen LogP contribution in [-0.4, -0.2) is 41.9 Å². The highest BCUT2D eigenvalue weighted by atomic mass is 16.5. The SMILES string of the molecule is CCCCCC(C)C(C)c1cc(OC)c2c(c1)OC(C)(C)C1=C2CN(/C(N)=N/O)CC1. The third-order valence-electron chi connectivity index (χ3n) is 7.12. The van der Waals surface area contributed by atoms with Crippen molar-refractivity contribution in [3.63, 3.8) is 0 Å². The first-order chi connectivity index (χ1) is 14.7. The first-order valence-electron chi connectivity index (χ1n) is 11.6. The molecule has 172 valence electrons. The number of hydrogen-bond donors (Lipinski definition) is 2. The van der Waals surface area contributed by atoms with Crippen molar-refractivity contribution < 1.29 is 14.7 Å². The molecule has 3 N–H and O–H groups in total. The zero-order valence-corrected chi connectivity index (χ0v) is 20.0. The lowest BCUT2D eigenvalue weighted by Gasteiger charge is -2.43. The normalized spacial score (nSPS) is 19.9. The number of nitrogens with zero attached hydrogens (tertiary/aromatic N) is 2. The molecule has 31 heavy (non-hydrogen) atoms. The number of rotatable bonds is 7. The fraction of sp³-hybridized carbons (Fsp3) is 0.640. The number of ether oxygens (including phenoxy) is 2. The third-order valence-corrected chi connectivity index (χ3v) is 7.12. The van der Waals surface area contributed by atoms with Crippen LogP contribution in [-0.2, 0) is 0 Å². The Hall–Kier alpha value is -2.37. The van der Waals surface area contributed by atoms with Crippen LogP contribution < -0.4 is 15.2 Å². The van der Waals surface area contributed by atoms with Gasteiger partial charge in [-0.1, -0.05) is 51.6 Å². The lowest BCUT2D eigenvalue weighted by Crippen LogP contribution is -2.46. The van der Waals surface area contributed by atoms with E-state index in [2.05, 4.69) is 51.9 Å². The van der Waals surface area contributed by atoms with Crippen molar-refractivity contribution in [3.05, 3.63) is 28.8 Å². The molecular weight excluding hydrogens is 390 g/mol. The van der Waals surface area contributed by atoms with Crippen LogP contribution in [0.5, 0.6) is 11.5 Å². The topological polar surface area (TPSA) is 80.3 Å². The van der Waals surface area contributed by atoms with Crippen LogP contribution in [0.1, 0.15) is 83.8 Å². The second kappa shape index (κ2) is 9.41. The van der Waals surface area contributed by atoms with E-state index >= 15 is 0 Å². The third kappa shape index (κ3) is 4.63. The summed E-state index contributed by atoms with van der Waals surface area (Å²) in [4.78, 5) is 1.90. The molecule has 1 aromatic rings. The number of oxime groups is 1. The maximum absolute atomic E-state index is 9.16. The Balaban J connectivity index is 2.01. The molecular formula is C25H39N3O3. The molecule has 0 radical (unpaired) electrons. The van der Waals surface area contributed by atoms with Gasteiger partial charge in [0.25, 0.3) is 0 Å². The smallest absolute Gasteiger partial charge is 0.233 e. The Morgan fingerprint density at radius 1 is 1.32 bits per heavy atom. The van der Waals surface area contributed by atoms with Gasteiger partial charge >= 0.3 is 0 Å². The molecule has 2 unspecified atom stereocenters. The van der Waals surface area contributed by atoms with Gasteiger partial charge in [-0.05, 0) is 60.9 Å². The summed E-state index contributed by atoms with van der Waals surface area (Å²) in [7, 11) is 1.72. The summed E-state index contributed by atoms with van der Waals surface area (Å²) >= 11 is 0. The maximum atomic E-state index is 9.16. The van der Waals surface area contributed by atoms with E-state index in [4.69, 9.17) is 20.4 Å². The number of methoxy groups -OCH3 is 1. The number of nitrogens with two attached hydrogens (primary N) is 1. The van der Waals surface area contributed by atoms with Crippen molar-refractivity contribution in [1.29, 1.82) is 0 Å². The van der Waals surface area contributed by atoms with E-state index in [1.54, 1.807) is 7.11 Å². The van der Waals surface area contributed by atoms with Gasteiger partial charge in [0.15, 0.2) is 0 Å². The quantitative estimate of drug-likeness (QED) is 0.201. The average molecular weight is 430 g/mol. The summed E-state index contributed by atoms with van der Waals surface area (Å²) in [6, 6.07) is 4.38. The number of benzene rings is 1. The van der Waals surface area contributed by atoms with E-state index in [9.17, 15) is 0 Å². The Morgan fingerprint density at radius 2 is 2.06 bits per heavy atom. The molecule has 0 fully saturated rings. The summed E-state index contributed by atoms with van der Waals surface area (Å²) in [5.41, 5.74) is 10.2. The summed E-state index contributed by atoms with van der Waals surface area (Å²) in [5, 5.41) is 12.4. The van der Waals surface area contributed by atoms with Crippen LogP contribution in [0.2, 0.25) is 0 Å². The molecule has 2 aliphatic rings. The monoisotopic (exact) mass is 429 g/mol. The van der Waals surface area contributed by atoms with Gasteiger partial charge in [0.2, 0.25) is 5.96 Å². The van der Waals surface area contributed by atoms with E-state index in [0.29, 0.717) is 24.9 Å². The summed E-state index contributed by atoms with van der Waals surface area (Å²) in [5.74, 6) is 2.85. The van der Waals surface area contributed by atoms with Gasteiger partial charge in [0, 0.05) is 13.1 Å². The molecule has 0 amide bonds. The van der Waals surface area contributed by atoms with Crippen LogP contribution in [0, 0.1) is 5.92 Å². The van der Waals surface area contributed by atoms with Crippen LogP contribution >= 0.6 is 0 Å².